The lowest BCUT2D eigenvalue weighted by molar-refractivity contribution is -0.118. The van der Waals surface area contributed by atoms with Crippen LogP contribution in [0, 0.1) is 27.7 Å². The number of hydrogen-bond acceptors (Lipinski definition) is 4. The maximum absolute atomic E-state index is 13.0. The number of carbonyl (C=O) groups is 1. The first kappa shape index (κ1) is 21.3. The summed E-state index contributed by atoms with van der Waals surface area (Å²) in [6.07, 6.45) is 0. The van der Waals surface area contributed by atoms with Crippen molar-refractivity contribution >= 4 is 22.5 Å². The van der Waals surface area contributed by atoms with Gasteiger partial charge in [0.05, 0.1) is 16.6 Å². The molecule has 0 fully saturated rings. The van der Waals surface area contributed by atoms with Crippen molar-refractivity contribution in [1.29, 1.82) is 0 Å². The normalized spacial score (nSPS) is 10.9. The standard InChI is InChI=1S/C26H25N3O3/c1-16-9-10-17(2)24(13-16)32-15-25(30)28-22-12-11-20(14-18(22)3)29-19(4)27-23-8-6-5-7-21(23)26(29)31/h5-14H,15H2,1-4H3,(H,28,30). The summed E-state index contributed by atoms with van der Waals surface area (Å²) in [6, 6.07) is 18.7. The van der Waals surface area contributed by atoms with Gasteiger partial charge in [0.1, 0.15) is 11.6 Å². The summed E-state index contributed by atoms with van der Waals surface area (Å²) in [4.78, 5) is 30.0. The molecule has 0 spiro atoms. The lowest BCUT2D eigenvalue weighted by Crippen LogP contribution is -2.23. The van der Waals surface area contributed by atoms with Crippen LogP contribution in [0.15, 0.2) is 65.5 Å². The highest BCUT2D eigenvalue weighted by molar-refractivity contribution is 5.92. The second-order valence-electron chi connectivity index (χ2n) is 7.92. The molecule has 3 aromatic carbocycles. The van der Waals surface area contributed by atoms with Crippen LogP contribution in [0.2, 0.25) is 0 Å². The number of aromatic nitrogens is 2. The minimum atomic E-state index is -0.248. The van der Waals surface area contributed by atoms with Crippen molar-refractivity contribution in [3.8, 4) is 11.4 Å². The predicted octanol–water partition coefficient (Wildman–Crippen LogP) is 4.64. The summed E-state index contributed by atoms with van der Waals surface area (Å²) in [7, 11) is 0. The summed E-state index contributed by atoms with van der Waals surface area (Å²) in [5.41, 5.74) is 4.82. The van der Waals surface area contributed by atoms with Gasteiger partial charge in [0.25, 0.3) is 11.5 Å². The Morgan fingerprint density at radius 1 is 0.969 bits per heavy atom. The number of nitrogens with zero attached hydrogens (tertiary/aromatic N) is 2. The number of aryl methyl sites for hydroxylation is 4. The molecular weight excluding hydrogens is 402 g/mol. The van der Waals surface area contributed by atoms with Gasteiger partial charge >= 0.3 is 0 Å². The fraction of sp³-hybridized carbons (Fsp3) is 0.192. The van der Waals surface area contributed by atoms with Crippen molar-refractivity contribution in [3.05, 3.63) is 93.5 Å². The molecule has 6 heteroatoms. The van der Waals surface area contributed by atoms with Crippen LogP contribution in [0.25, 0.3) is 16.6 Å². The van der Waals surface area contributed by atoms with E-state index in [9.17, 15) is 9.59 Å². The monoisotopic (exact) mass is 427 g/mol. The van der Waals surface area contributed by atoms with Gasteiger partial charge in [-0.3, -0.25) is 14.2 Å². The van der Waals surface area contributed by atoms with Gasteiger partial charge < -0.3 is 10.1 Å². The molecule has 32 heavy (non-hydrogen) atoms. The van der Waals surface area contributed by atoms with E-state index in [1.165, 1.54) is 0 Å². The number of hydrogen-bond donors (Lipinski definition) is 1. The Bertz CT molecular complexity index is 1390. The SMILES string of the molecule is Cc1ccc(C)c(OCC(=O)Nc2ccc(-n3c(C)nc4ccccc4c3=O)cc2C)c1. The number of fused-ring (bicyclic) bond motifs is 1. The van der Waals surface area contributed by atoms with E-state index in [2.05, 4.69) is 10.3 Å². The zero-order valence-corrected chi connectivity index (χ0v) is 18.6. The van der Waals surface area contributed by atoms with Gasteiger partial charge in [-0.25, -0.2) is 4.98 Å². The van der Waals surface area contributed by atoms with Crippen LogP contribution in [-0.4, -0.2) is 22.1 Å². The van der Waals surface area contributed by atoms with Gasteiger partial charge in [0, 0.05) is 5.69 Å². The zero-order valence-electron chi connectivity index (χ0n) is 18.6. The molecule has 0 aliphatic heterocycles. The first-order valence-electron chi connectivity index (χ1n) is 10.4. The van der Waals surface area contributed by atoms with Crippen molar-refractivity contribution < 1.29 is 9.53 Å². The topological polar surface area (TPSA) is 73.2 Å². The molecule has 1 amide bonds. The molecule has 0 radical (unpaired) electrons. The summed E-state index contributed by atoms with van der Waals surface area (Å²) < 4.78 is 7.28. The second kappa shape index (κ2) is 8.67. The van der Waals surface area contributed by atoms with Crippen molar-refractivity contribution in [2.75, 3.05) is 11.9 Å². The number of rotatable bonds is 5. The number of anilines is 1. The van der Waals surface area contributed by atoms with Gasteiger partial charge in [0.15, 0.2) is 6.61 Å². The summed E-state index contributed by atoms with van der Waals surface area (Å²) >= 11 is 0. The third kappa shape index (κ3) is 4.25. The molecule has 162 valence electrons. The smallest absolute Gasteiger partial charge is 0.265 e. The van der Waals surface area contributed by atoms with E-state index >= 15 is 0 Å². The minimum Gasteiger partial charge on any atom is -0.483 e. The first-order chi connectivity index (χ1) is 15.3. The lowest BCUT2D eigenvalue weighted by atomic mass is 10.1. The molecule has 1 N–H and O–H groups in total. The molecule has 0 aliphatic rings. The molecule has 4 rings (SSSR count). The average molecular weight is 428 g/mol. The van der Waals surface area contributed by atoms with Crippen LogP contribution < -0.4 is 15.6 Å². The third-order valence-corrected chi connectivity index (χ3v) is 5.39. The Hall–Kier alpha value is -3.93. The maximum atomic E-state index is 13.0. The Morgan fingerprint density at radius 3 is 2.53 bits per heavy atom. The second-order valence-corrected chi connectivity index (χ2v) is 7.92. The van der Waals surface area contributed by atoms with E-state index in [0.717, 1.165) is 16.7 Å². The highest BCUT2D eigenvalue weighted by Gasteiger charge is 2.12. The Morgan fingerprint density at radius 2 is 1.75 bits per heavy atom. The van der Waals surface area contributed by atoms with Crippen LogP contribution in [0.4, 0.5) is 5.69 Å². The van der Waals surface area contributed by atoms with Crippen LogP contribution in [0.5, 0.6) is 5.75 Å². The number of nitrogens with one attached hydrogen (secondary N) is 1. The van der Waals surface area contributed by atoms with Crippen molar-refractivity contribution in [1.82, 2.24) is 9.55 Å². The van der Waals surface area contributed by atoms with Crippen LogP contribution in [0.3, 0.4) is 0 Å². The number of para-hydroxylation sites is 1. The van der Waals surface area contributed by atoms with Gasteiger partial charge in [-0.1, -0.05) is 24.3 Å². The Kier molecular flexibility index (Phi) is 5.77. The van der Waals surface area contributed by atoms with Crippen LogP contribution >= 0.6 is 0 Å². The van der Waals surface area contributed by atoms with Gasteiger partial charge in [-0.05, 0) is 80.8 Å². The quantitative estimate of drug-likeness (QED) is 0.504. The fourth-order valence-corrected chi connectivity index (χ4v) is 3.67. The van der Waals surface area contributed by atoms with E-state index in [1.54, 1.807) is 22.8 Å². The molecule has 0 aliphatic carbocycles. The van der Waals surface area contributed by atoms with E-state index in [-0.39, 0.29) is 18.1 Å². The number of carbonyl (C=O) groups excluding carboxylic acids is 1. The average Bonchev–Trinajstić information content (AvgIpc) is 2.76. The number of amides is 1. The van der Waals surface area contributed by atoms with Crippen molar-refractivity contribution in [2.45, 2.75) is 27.7 Å². The Labute approximate surface area is 186 Å². The highest BCUT2D eigenvalue weighted by Crippen LogP contribution is 2.21. The Balaban J connectivity index is 1.54. The fourth-order valence-electron chi connectivity index (χ4n) is 3.67. The van der Waals surface area contributed by atoms with Gasteiger partial charge in [0.2, 0.25) is 0 Å². The predicted molar refractivity (Wildman–Crippen MR) is 127 cm³/mol. The van der Waals surface area contributed by atoms with E-state index in [0.29, 0.717) is 33.9 Å². The molecule has 0 saturated heterocycles. The van der Waals surface area contributed by atoms with E-state index < -0.39 is 0 Å². The first-order valence-corrected chi connectivity index (χ1v) is 10.4. The summed E-state index contributed by atoms with van der Waals surface area (Å²) in [5.74, 6) is 1.06. The molecule has 0 bridgehead atoms. The number of ether oxygens (including phenoxy) is 1. The van der Waals surface area contributed by atoms with Gasteiger partial charge in [-0.15, -0.1) is 0 Å². The highest BCUT2D eigenvalue weighted by atomic mass is 16.5. The van der Waals surface area contributed by atoms with Crippen LogP contribution in [0.1, 0.15) is 22.5 Å². The molecule has 4 aromatic rings. The van der Waals surface area contributed by atoms with E-state index in [1.807, 2.05) is 70.2 Å². The molecule has 0 saturated carbocycles. The molecule has 1 aromatic heterocycles. The van der Waals surface area contributed by atoms with Crippen LogP contribution in [-0.2, 0) is 4.79 Å². The molecule has 0 unspecified atom stereocenters. The molecule has 1 heterocycles. The van der Waals surface area contributed by atoms with E-state index in [4.69, 9.17) is 4.74 Å². The lowest BCUT2D eigenvalue weighted by Gasteiger charge is -2.14. The van der Waals surface area contributed by atoms with Crippen molar-refractivity contribution in [2.24, 2.45) is 0 Å². The third-order valence-electron chi connectivity index (χ3n) is 5.39. The maximum Gasteiger partial charge on any atom is 0.265 e. The molecular formula is C26H25N3O3. The largest absolute Gasteiger partial charge is 0.483 e. The number of benzene rings is 3. The van der Waals surface area contributed by atoms with Gasteiger partial charge in [-0.2, -0.15) is 0 Å². The summed E-state index contributed by atoms with van der Waals surface area (Å²) in [6.45, 7) is 7.54. The van der Waals surface area contributed by atoms with Crippen molar-refractivity contribution in [3.63, 3.8) is 0 Å². The zero-order chi connectivity index (χ0) is 22.8. The summed E-state index contributed by atoms with van der Waals surface area (Å²) in [5, 5.41) is 3.45. The minimum absolute atomic E-state index is 0.0847. The molecule has 0 atom stereocenters. The molecule has 6 nitrogen and oxygen atoms in total.